The van der Waals surface area contributed by atoms with Crippen LogP contribution in [0, 0.1) is 20.8 Å². The third-order valence-electron chi connectivity index (χ3n) is 3.23. The molecule has 1 amide bonds. The lowest BCUT2D eigenvalue weighted by molar-refractivity contribution is -0.148. The molecule has 0 aliphatic rings. The smallest absolute Gasteiger partial charge is 0.331 e. The third-order valence-corrected chi connectivity index (χ3v) is 3.23. The number of rotatable bonds is 6. The largest absolute Gasteiger partial charge is 0.463 e. The molecule has 0 heterocycles. The van der Waals surface area contributed by atoms with Crippen LogP contribution in [0.5, 0.6) is 0 Å². The molecule has 0 unspecified atom stereocenters. The Hall–Kier alpha value is -2.63. The van der Waals surface area contributed by atoms with E-state index in [4.69, 9.17) is 4.74 Å². The Morgan fingerprint density at radius 1 is 1.08 bits per heavy atom. The second-order valence-electron chi connectivity index (χ2n) is 5.43. The van der Waals surface area contributed by atoms with Crippen LogP contribution in [0.4, 0.5) is 5.69 Å². The summed E-state index contributed by atoms with van der Waals surface area (Å²) >= 11 is 0. The van der Waals surface area contributed by atoms with E-state index in [9.17, 15) is 14.4 Å². The number of amides is 1. The summed E-state index contributed by atoms with van der Waals surface area (Å²) in [5, 5.41) is 2.76. The number of nitrogens with one attached hydrogen (secondary N) is 1. The van der Waals surface area contributed by atoms with Crippen LogP contribution in [0.2, 0.25) is 0 Å². The molecule has 0 radical (unpaired) electrons. The van der Waals surface area contributed by atoms with Gasteiger partial charge in [-0.15, -0.1) is 0 Å². The fourth-order valence-electron chi connectivity index (χ4n) is 2.20. The van der Waals surface area contributed by atoms with Gasteiger partial charge < -0.3 is 14.8 Å². The van der Waals surface area contributed by atoms with Gasteiger partial charge in [-0.2, -0.15) is 0 Å². The average Bonchev–Trinajstić information content (AvgIpc) is 2.48. The second kappa shape index (κ2) is 8.86. The maximum absolute atomic E-state index is 12.2. The first-order chi connectivity index (χ1) is 11.2. The van der Waals surface area contributed by atoms with Crippen molar-refractivity contribution in [1.82, 2.24) is 0 Å². The molecule has 0 saturated carbocycles. The molecule has 0 aliphatic heterocycles. The van der Waals surface area contributed by atoms with Gasteiger partial charge in [-0.1, -0.05) is 17.7 Å². The van der Waals surface area contributed by atoms with Crippen molar-refractivity contribution in [2.24, 2.45) is 0 Å². The quantitative estimate of drug-likeness (QED) is 0.639. The molecule has 1 rings (SSSR count). The maximum atomic E-state index is 12.2. The highest BCUT2D eigenvalue weighted by atomic mass is 16.5. The lowest BCUT2D eigenvalue weighted by Gasteiger charge is -2.16. The Labute approximate surface area is 141 Å². The van der Waals surface area contributed by atoms with Crippen molar-refractivity contribution < 1.29 is 23.9 Å². The standard InChI is InChI=1S/C18H23NO5/c1-6-23-15(20)7-8-16(21)24-14(5)18(22)19-17-12(3)9-11(2)10-13(17)4/h7-10,14H,6H2,1-5H3,(H,19,22)/b8-7+/t14-/m1/s1. The zero-order valence-corrected chi connectivity index (χ0v) is 14.6. The van der Waals surface area contributed by atoms with Crippen LogP contribution in [0.3, 0.4) is 0 Å². The van der Waals surface area contributed by atoms with E-state index in [1.807, 2.05) is 32.9 Å². The van der Waals surface area contributed by atoms with Gasteiger partial charge in [-0.25, -0.2) is 9.59 Å². The Balaban J connectivity index is 2.66. The molecule has 0 fully saturated rings. The molecule has 0 saturated heterocycles. The van der Waals surface area contributed by atoms with E-state index in [1.165, 1.54) is 6.92 Å². The van der Waals surface area contributed by atoms with Crippen molar-refractivity contribution >= 4 is 23.5 Å². The van der Waals surface area contributed by atoms with E-state index in [-0.39, 0.29) is 6.61 Å². The first-order valence-corrected chi connectivity index (χ1v) is 7.68. The highest BCUT2D eigenvalue weighted by Gasteiger charge is 2.18. The molecule has 0 spiro atoms. The van der Waals surface area contributed by atoms with Crippen molar-refractivity contribution in [2.75, 3.05) is 11.9 Å². The molecule has 1 N–H and O–H groups in total. The van der Waals surface area contributed by atoms with Gasteiger partial charge in [0.2, 0.25) is 0 Å². The summed E-state index contributed by atoms with van der Waals surface area (Å²) in [4.78, 5) is 34.9. The van der Waals surface area contributed by atoms with Crippen LogP contribution in [0.15, 0.2) is 24.3 Å². The van der Waals surface area contributed by atoms with Crippen molar-refractivity contribution in [2.45, 2.75) is 40.7 Å². The van der Waals surface area contributed by atoms with Crippen LogP contribution >= 0.6 is 0 Å². The summed E-state index contributed by atoms with van der Waals surface area (Å²) < 4.78 is 9.62. The summed E-state index contributed by atoms with van der Waals surface area (Å²) in [5.41, 5.74) is 3.67. The molecule has 0 bridgehead atoms. The Bertz CT molecular complexity index is 640. The Morgan fingerprint density at radius 2 is 1.62 bits per heavy atom. The monoisotopic (exact) mass is 333 g/mol. The molecule has 1 aromatic rings. The minimum atomic E-state index is -0.996. The van der Waals surface area contributed by atoms with Crippen LogP contribution in [-0.2, 0) is 23.9 Å². The van der Waals surface area contributed by atoms with Gasteiger partial charge in [0.05, 0.1) is 6.61 Å². The van der Waals surface area contributed by atoms with Gasteiger partial charge >= 0.3 is 11.9 Å². The fourth-order valence-corrected chi connectivity index (χ4v) is 2.20. The van der Waals surface area contributed by atoms with Gasteiger partial charge in [0.15, 0.2) is 6.10 Å². The number of hydrogen-bond acceptors (Lipinski definition) is 5. The predicted molar refractivity (Wildman–Crippen MR) is 90.6 cm³/mol. The van der Waals surface area contributed by atoms with Crippen molar-refractivity contribution in [1.29, 1.82) is 0 Å². The van der Waals surface area contributed by atoms with Crippen LogP contribution in [-0.4, -0.2) is 30.6 Å². The summed E-state index contributed by atoms with van der Waals surface area (Å²) in [6.45, 7) is 9.11. The molecule has 24 heavy (non-hydrogen) atoms. The number of benzene rings is 1. The molecule has 1 atom stereocenters. The topological polar surface area (TPSA) is 81.7 Å². The molecule has 0 aromatic heterocycles. The number of carbonyl (C=O) groups excluding carboxylic acids is 3. The number of esters is 2. The highest BCUT2D eigenvalue weighted by Crippen LogP contribution is 2.22. The summed E-state index contributed by atoms with van der Waals surface area (Å²) in [6, 6.07) is 3.92. The van der Waals surface area contributed by atoms with Crippen LogP contribution in [0.25, 0.3) is 0 Å². The van der Waals surface area contributed by atoms with Gasteiger partial charge in [0.25, 0.3) is 5.91 Å². The summed E-state index contributed by atoms with van der Waals surface area (Å²) in [6.07, 6.45) is 0.902. The first-order valence-electron chi connectivity index (χ1n) is 7.68. The Kier molecular flexibility index (Phi) is 7.17. The van der Waals surface area contributed by atoms with E-state index >= 15 is 0 Å². The zero-order chi connectivity index (χ0) is 18.3. The minimum Gasteiger partial charge on any atom is -0.463 e. The molecule has 1 aromatic carbocycles. The Morgan fingerprint density at radius 3 is 2.17 bits per heavy atom. The normalized spacial score (nSPS) is 11.9. The number of anilines is 1. The lowest BCUT2D eigenvalue weighted by Crippen LogP contribution is -2.30. The van der Waals surface area contributed by atoms with Crippen molar-refractivity contribution in [3.63, 3.8) is 0 Å². The lowest BCUT2D eigenvalue weighted by atomic mass is 10.0. The van der Waals surface area contributed by atoms with Crippen LogP contribution < -0.4 is 5.32 Å². The number of hydrogen-bond donors (Lipinski definition) is 1. The molecular weight excluding hydrogens is 310 g/mol. The van der Waals surface area contributed by atoms with Crippen LogP contribution in [0.1, 0.15) is 30.5 Å². The van der Waals surface area contributed by atoms with E-state index in [2.05, 4.69) is 10.1 Å². The highest BCUT2D eigenvalue weighted by molar-refractivity contribution is 5.98. The minimum absolute atomic E-state index is 0.215. The molecule has 0 aliphatic carbocycles. The zero-order valence-electron chi connectivity index (χ0n) is 14.6. The molecule has 6 nitrogen and oxygen atoms in total. The van der Waals surface area contributed by atoms with E-state index in [0.717, 1.165) is 28.8 Å². The van der Waals surface area contributed by atoms with Gasteiger partial charge in [-0.05, 0) is 45.7 Å². The summed E-state index contributed by atoms with van der Waals surface area (Å²) in [5.74, 6) is -1.87. The predicted octanol–water partition coefficient (Wildman–Crippen LogP) is 2.60. The maximum Gasteiger partial charge on any atom is 0.331 e. The fraction of sp³-hybridized carbons (Fsp3) is 0.389. The second-order valence-corrected chi connectivity index (χ2v) is 5.43. The van der Waals surface area contributed by atoms with Crippen molar-refractivity contribution in [3.05, 3.63) is 41.0 Å². The number of carbonyl (C=O) groups is 3. The van der Waals surface area contributed by atoms with Gasteiger partial charge in [0, 0.05) is 17.8 Å². The van der Waals surface area contributed by atoms with Gasteiger partial charge in [-0.3, -0.25) is 4.79 Å². The third kappa shape index (κ3) is 5.87. The van der Waals surface area contributed by atoms with Gasteiger partial charge in [0.1, 0.15) is 0 Å². The first kappa shape index (κ1) is 19.4. The number of ether oxygens (including phenoxy) is 2. The molecule has 6 heteroatoms. The summed E-state index contributed by atoms with van der Waals surface area (Å²) in [7, 11) is 0. The van der Waals surface area contributed by atoms with E-state index < -0.39 is 23.9 Å². The average molecular weight is 333 g/mol. The number of aryl methyl sites for hydroxylation is 3. The van der Waals surface area contributed by atoms with Crippen molar-refractivity contribution in [3.8, 4) is 0 Å². The van der Waals surface area contributed by atoms with E-state index in [0.29, 0.717) is 5.69 Å². The SMILES string of the molecule is CCOC(=O)/C=C/C(=O)O[C@H](C)C(=O)Nc1c(C)cc(C)cc1C. The van der Waals surface area contributed by atoms with E-state index in [1.54, 1.807) is 6.92 Å². The molecular formula is C18H23NO5. The molecule has 130 valence electrons.